The van der Waals surface area contributed by atoms with Crippen LogP contribution in [0, 0.1) is 0 Å². The number of nitrogens with one attached hydrogen (secondary N) is 1. The molecule has 3 fully saturated rings. The van der Waals surface area contributed by atoms with Crippen molar-refractivity contribution in [1.29, 1.82) is 0 Å². The van der Waals surface area contributed by atoms with E-state index in [1.165, 1.54) is 0 Å². The summed E-state index contributed by atoms with van der Waals surface area (Å²) in [6, 6.07) is 0. The highest BCUT2D eigenvalue weighted by molar-refractivity contribution is 8.01. The number of hydrogen-bond donors (Lipinski definition) is 1. The van der Waals surface area contributed by atoms with Crippen LogP contribution >= 0.6 is 11.8 Å². The van der Waals surface area contributed by atoms with Gasteiger partial charge < -0.3 is 15.0 Å². The first-order valence-corrected chi connectivity index (χ1v) is 7.55. The minimum atomic E-state index is -0.615. The molecule has 0 aromatic rings. The molecule has 5 nitrogen and oxygen atoms in total. The fourth-order valence-electron chi connectivity index (χ4n) is 2.96. The summed E-state index contributed by atoms with van der Waals surface area (Å²) in [5.41, 5.74) is 0. The molecule has 3 aliphatic heterocycles. The minimum Gasteiger partial charge on any atom is -0.376 e. The molecule has 0 aromatic heterocycles. The number of thioether (sulfide) groups is 1. The number of ether oxygens (including phenoxy) is 1. The van der Waals surface area contributed by atoms with Gasteiger partial charge in [0.2, 0.25) is 5.91 Å². The number of carbonyl (C=O) groups excluding carboxylic acids is 2. The van der Waals surface area contributed by atoms with Crippen molar-refractivity contribution in [2.45, 2.75) is 36.7 Å². The van der Waals surface area contributed by atoms with Gasteiger partial charge in [0, 0.05) is 31.9 Å². The predicted octanol–water partition coefficient (Wildman–Crippen LogP) is 0.347. The summed E-state index contributed by atoms with van der Waals surface area (Å²) < 4.78 is 5.49. The maximum absolute atomic E-state index is 12.4. The molecular weight excluding hydrogens is 252 g/mol. The lowest BCUT2D eigenvalue weighted by molar-refractivity contribution is -0.136. The molecule has 0 bridgehead atoms. The maximum Gasteiger partial charge on any atom is 0.256 e. The van der Waals surface area contributed by atoms with Gasteiger partial charge in [-0.3, -0.25) is 9.59 Å². The number of amides is 2. The largest absolute Gasteiger partial charge is 0.376 e. The Kier molecular flexibility index (Phi) is 3.23. The molecule has 18 heavy (non-hydrogen) atoms. The maximum atomic E-state index is 12.4. The monoisotopic (exact) mass is 270 g/mol. The van der Waals surface area contributed by atoms with Gasteiger partial charge in [0.25, 0.3) is 5.91 Å². The summed E-state index contributed by atoms with van der Waals surface area (Å²) >= 11 is 1.61. The highest BCUT2D eigenvalue weighted by atomic mass is 32.2. The summed E-state index contributed by atoms with van der Waals surface area (Å²) in [5.74, 6) is 0.970. The number of carbonyl (C=O) groups is 2. The summed E-state index contributed by atoms with van der Waals surface area (Å²) in [6.45, 7) is 2.07. The molecule has 0 spiro atoms. The zero-order chi connectivity index (χ0) is 12.6. The Bertz CT molecular complexity index is 370. The van der Waals surface area contributed by atoms with E-state index in [1.807, 2.05) is 0 Å². The SMILES string of the molecule is O=C1CC[C@@]2(C(=O)NC[C@H]3CCCO3)SCCN12. The number of nitrogens with zero attached hydrogens (tertiary/aromatic N) is 1. The molecule has 3 heterocycles. The van der Waals surface area contributed by atoms with Crippen molar-refractivity contribution in [3.8, 4) is 0 Å². The lowest BCUT2D eigenvalue weighted by atomic mass is 10.2. The van der Waals surface area contributed by atoms with E-state index in [1.54, 1.807) is 16.7 Å². The van der Waals surface area contributed by atoms with Crippen LogP contribution in [0.25, 0.3) is 0 Å². The second kappa shape index (κ2) is 4.74. The Morgan fingerprint density at radius 2 is 2.50 bits per heavy atom. The number of rotatable bonds is 3. The number of fused-ring (bicyclic) bond motifs is 1. The van der Waals surface area contributed by atoms with Gasteiger partial charge in [0.1, 0.15) is 0 Å². The lowest BCUT2D eigenvalue weighted by Crippen LogP contribution is -2.52. The van der Waals surface area contributed by atoms with Crippen molar-refractivity contribution in [2.24, 2.45) is 0 Å². The standard InChI is InChI=1S/C12H18N2O3S/c15-10-3-4-12(14(10)5-7-18-12)11(16)13-8-9-2-1-6-17-9/h9H,1-8H2,(H,13,16)/t9-,12+/m1/s1. The van der Waals surface area contributed by atoms with E-state index in [0.717, 1.165) is 25.2 Å². The third-order valence-corrected chi connectivity index (χ3v) is 5.41. The molecule has 3 aliphatic rings. The first-order chi connectivity index (χ1) is 8.72. The molecule has 0 radical (unpaired) electrons. The first kappa shape index (κ1) is 12.3. The highest BCUT2D eigenvalue weighted by Crippen LogP contribution is 2.44. The van der Waals surface area contributed by atoms with Gasteiger partial charge in [0.05, 0.1) is 6.10 Å². The van der Waals surface area contributed by atoms with Crippen LogP contribution in [-0.2, 0) is 14.3 Å². The predicted molar refractivity (Wildman–Crippen MR) is 68.1 cm³/mol. The van der Waals surface area contributed by atoms with Crippen LogP contribution in [0.4, 0.5) is 0 Å². The molecule has 0 unspecified atom stereocenters. The average molecular weight is 270 g/mol. The van der Waals surface area contributed by atoms with Crippen molar-refractivity contribution in [2.75, 3.05) is 25.4 Å². The van der Waals surface area contributed by atoms with Crippen LogP contribution < -0.4 is 5.32 Å². The average Bonchev–Trinajstić information content (AvgIpc) is 3.05. The lowest BCUT2D eigenvalue weighted by Gasteiger charge is -2.29. The summed E-state index contributed by atoms with van der Waals surface area (Å²) in [7, 11) is 0. The van der Waals surface area contributed by atoms with Crippen LogP contribution in [-0.4, -0.2) is 53.1 Å². The molecule has 3 rings (SSSR count). The molecule has 100 valence electrons. The highest BCUT2D eigenvalue weighted by Gasteiger charge is 2.54. The molecular formula is C12H18N2O3S. The first-order valence-electron chi connectivity index (χ1n) is 6.57. The van der Waals surface area contributed by atoms with Crippen LogP contribution in [0.1, 0.15) is 25.7 Å². The van der Waals surface area contributed by atoms with E-state index >= 15 is 0 Å². The van der Waals surface area contributed by atoms with E-state index in [2.05, 4.69) is 5.32 Å². The van der Waals surface area contributed by atoms with Crippen LogP contribution in [0.15, 0.2) is 0 Å². The second-order valence-electron chi connectivity index (χ2n) is 5.02. The van der Waals surface area contributed by atoms with E-state index in [9.17, 15) is 9.59 Å². The van der Waals surface area contributed by atoms with Crippen LogP contribution in [0.2, 0.25) is 0 Å². The topological polar surface area (TPSA) is 58.6 Å². The van der Waals surface area contributed by atoms with Crippen molar-refractivity contribution >= 4 is 23.6 Å². The third-order valence-electron chi connectivity index (χ3n) is 3.94. The summed E-state index contributed by atoms with van der Waals surface area (Å²) in [6.07, 6.45) is 3.39. The Balaban J connectivity index is 1.62. The smallest absolute Gasteiger partial charge is 0.256 e. The van der Waals surface area contributed by atoms with Crippen molar-refractivity contribution < 1.29 is 14.3 Å². The Morgan fingerprint density at radius 3 is 3.28 bits per heavy atom. The van der Waals surface area contributed by atoms with Gasteiger partial charge >= 0.3 is 0 Å². The van der Waals surface area contributed by atoms with Gasteiger partial charge in [-0.15, -0.1) is 11.8 Å². The van der Waals surface area contributed by atoms with E-state index in [4.69, 9.17) is 4.74 Å². The van der Waals surface area contributed by atoms with Gasteiger partial charge in [-0.25, -0.2) is 0 Å². The fraction of sp³-hybridized carbons (Fsp3) is 0.833. The van der Waals surface area contributed by atoms with Crippen molar-refractivity contribution in [1.82, 2.24) is 10.2 Å². The van der Waals surface area contributed by atoms with Crippen molar-refractivity contribution in [3.05, 3.63) is 0 Å². The fourth-order valence-corrected chi connectivity index (χ4v) is 4.37. The number of hydrogen-bond acceptors (Lipinski definition) is 4. The zero-order valence-corrected chi connectivity index (χ0v) is 11.1. The van der Waals surface area contributed by atoms with Gasteiger partial charge in [-0.2, -0.15) is 0 Å². The Morgan fingerprint density at radius 1 is 1.61 bits per heavy atom. The molecule has 2 amide bonds. The Labute approximate surface area is 111 Å². The van der Waals surface area contributed by atoms with Gasteiger partial charge in [-0.1, -0.05) is 0 Å². The quantitative estimate of drug-likeness (QED) is 0.804. The summed E-state index contributed by atoms with van der Waals surface area (Å²) in [5, 5.41) is 2.97. The Hall–Kier alpha value is -0.750. The normalized spacial score (nSPS) is 35.0. The van der Waals surface area contributed by atoms with Gasteiger partial charge in [0.15, 0.2) is 4.87 Å². The second-order valence-corrected chi connectivity index (χ2v) is 6.40. The minimum absolute atomic E-state index is 0.00801. The van der Waals surface area contributed by atoms with E-state index in [-0.39, 0.29) is 17.9 Å². The van der Waals surface area contributed by atoms with Crippen LogP contribution in [0.5, 0.6) is 0 Å². The van der Waals surface area contributed by atoms with E-state index in [0.29, 0.717) is 25.9 Å². The van der Waals surface area contributed by atoms with Crippen LogP contribution in [0.3, 0.4) is 0 Å². The molecule has 6 heteroatoms. The molecule has 2 atom stereocenters. The van der Waals surface area contributed by atoms with Gasteiger partial charge in [-0.05, 0) is 19.3 Å². The van der Waals surface area contributed by atoms with Crippen molar-refractivity contribution in [3.63, 3.8) is 0 Å². The molecule has 1 N–H and O–H groups in total. The molecule has 0 aromatic carbocycles. The molecule has 3 saturated heterocycles. The molecule has 0 saturated carbocycles. The summed E-state index contributed by atoms with van der Waals surface area (Å²) in [4.78, 5) is 25.2. The zero-order valence-electron chi connectivity index (χ0n) is 10.3. The molecule has 0 aliphatic carbocycles. The third kappa shape index (κ3) is 1.91. The van der Waals surface area contributed by atoms with E-state index < -0.39 is 4.87 Å².